The molecule has 2 amide bonds. The van der Waals surface area contributed by atoms with E-state index >= 15 is 0 Å². The van der Waals surface area contributed by atoms with Crippen LogP contribution in [0.4, 0.5) is 5.69 Å². The van der Waals surface area contributed by atoms with E-state index in [0.717, 1.165) is 16.7 Å². The highest BCUT2D eigenvalue weighted by molar-refractivity contribution is 6.39. The Morgan fingerprint density at radius 2 is 1.41 bits per heavy atom. The number of hydrogen-bond acceptors (Lipinski definition) is 5. The lowest BCUT2D eigenvalue weighted by molar-refractivity contribution is -0.136. The molecule has 0 fully saturated rings. The van der Waals surface area contributed by atoms with Crippen LogP contribution in [0.25, 0.3) is 0 Å². The van der Waals surface area contributed by atoms with E-state index in [1.54, 1.807) is 48.5 Å². The van der Waals surface area contributed by atoms with Crippen LogP contribution in [-0.2, 0) is 9.59 Å². The SMILES string of the molecule is Cc1ccc(C(=O)Oc2ccc(C=NNC(=O)C(=O)Nc3cc(C)cc(C)c3)cc2)cc1. The molecule has 32 heavy (non-hydrogen) atoms. The van der Waals surface area contributed by atoms with E-state index in [4.69, 9.17) is 4.74 Å². The molecule has 0 heterocycles. The number of esters is 1. The van der Waals surface area contributed by atoms with Crippen molar-refractivity contribution >= 4 is 29.7 Å². The summed E-state index contributed by atoms with van der Waals surface area (Å²) in [6.45, 7) is 5.75. The molecule has 0 atom stereocenters. The lowest BCUT2D eigenvalue weighted by Gasteiger charge is -2.06. The van der Waals surface area contributed by atoms with Crippen LogP contribution in [0.15, 0.2) is 71.8 Å². The number of aryl methyl sites for hydroxylation is 3. The molecule has 3 aromatic rings. The maximum atomic E-state index is 12.2. The number of amides is 2. The molecule has 0 aromatic heterocycles. The van der Waals surface area contributed by atoms with Gasteiger partial charge in [-0.1, -0.05) is 23.8 Å². The predicted octanol–water partition coefficient (Wildman–Crippen LogP) is 3.92. The van der Waals surface area contributed by atoms with Gasteiger partial charge in [0.05, 0.1) is 11.8 Å². The first-order chi connectivity index (χ1) is 15.3. The average Bonchev–Trinajstić information content (AvgIpc) is 2.74. The first kappa shape index (κ1) is 22.4. The lowest BCUT2D eigenvalue weighted by Crippen LogP contribution is -2.32. The average molecular weight is 429 g/mol. The number of nitrogens with zero attached hydrogens (tertiary/aromatic N) is 1. The Labute approximate surface area is 186 Å². The summed E-state index contributed by atoms with van der Waals surface area (Å²) in [5, 5.41) is 6.33. The number of ether oxygens (including phenoxy) is 1. The number of nitrogens with one attached hydrogen (secondary N) is 2. The normalized spacial score (nSPS) is 10.6. The van der Waals surface area contributed by atoms with Gasteiger partial charge in [-0.15, -0.1) is 0 Å². The molecule has 7 heteroatoms. The Morgan fingerprint density at radius 3 is 2.03 bits per heavy atom. The number of carbonyl (C=O) groups excluding carboxylic acids is 3. The van der Waals surface area contributed by atoms with Gasteiger partial charge in [-0.25, -0.2) is 10.2 Å². The molecule has 0 aliphatic heterocycles. The highest BCUT2D eigenvalue weighted by Crippen LogP contribution is 2.15. The van der Waals surface area contributed by atoms with Crippen molar-refractivity contribution in [1.29, 1.82) is 0 Å². The zero-order valence-electron chi connectivity index (χ0n) is 18.0. The van der Waals surface area contributed by atoms with Gasteiger partial charge in [0, 0.05) is 5.69 Å². The summed E-state index contributed by atoms with van der Waals surface area (Å²) < 4.78 is 5.34. The molecule has 0 aliphatic carbocycles. The van der Waals surface area contributed by atoms with Crippen LogP contribution in [0.1, 0.15) is 32.6 Å². The molecule has 3 aromatic carbocycles. The fourth-order valence-corrected chi connectivity index (χ4v) is 2.93. The van der Waals surface area contributed by atoms with Crippen LogP contribution in [-0.4, -0.2) is 24.0 Å². The number of anilines is 1. The van der Waals surface area contributed by atoms with E-state index in [2.05, 4.69) is 15.8 Å². The third-order valence-corrected chi connectivity index (χ3v) is 4.44. The Balaban J connectivity index is 1.51. The standard InChI is InChI=1S/C25H23N3O4/c1-16-4-8-20(9-5-16)25(31)32-22-10-6-19(7-11-22)15-26-28-24(30)23(29)27-21-13-17(2)12-18(3)14-21/h4-15H,1-3H3,(H,27,29)(H,28,30). The fraction of sp³-hybridized carbons (Fsp3) is 0.120. The van der Waals surface area contributed by atoms with Crippen molar-refractivity contribution in [3.63, 3.8) is 0 Å². The number of rotatable bonds is 5. The first-order valence-electron chi connectivity index (χ1n) is 9.92. The molecule has 162 valence electrons. The van der Waals surface area contributed by atoms with Crippen LogP contribution in [0.2, 0.25) is 0 Å². The van der Waals surface area contributed by atoms with Gasteiger partial charge in [0.2, 0.25) is 0 Å². The summed E-state index contributed by atoms with van der Waals surface area (Å²) >= 11 is 0. The van der Waals surface area contributed by atoms with E-state index in [0.29, 0.717) is 22.6 Å². The maximum Gasteiger partial charge on any atom is 0.343 e. The van der Waals surface area contributed by atoms with E-state index in [-0.39, 0.29) is 0 Å². The van der Waals surface area contributed by atoms with Crippen LogP contribution in [0.3, 0.4) is 0 Å². The minimum atomic E-state index is -0.885. The molecule has 0 spiro atoms. The second kappa shape index (κ2) is 10.2. The topological polar surface area (TPSA) is 96.9 Å². The third kappa shape index (κ3) is 6.37. The zero-order chi connectivity index (χ0) is 23.1. The molecule has 0 bridgehead atoms. The summed E-state index contributed by atoms with van der Waals surface area (Å²) in [4.78, 5) is 36.1. The second-order valence-electron chi connectivity index (χ2n) is 7.35. The summed E-state index contributed by atoms with van der Waals surface area (Å²) in [7, 11) is 0. The van der Waals surface area contributed by atoms with Crippen molar-refractivity contribution in [1.82, 2.24) is 5.43 Å². The van der Waals surface area contributed by atoms with Crippen LogP contribution < -0.4 is 15.5 Å². The summed E-state index contributed by atoms with van der Waals surface area (Å²) in [5.41, 5.74) is 6.85. The molecule has 0 aliphatic rings. The Hall–Kier alpha value is -4.26. The fourth-order valence-electron chi connectivity index (χ4n) is 2.93. The highest BCUT2D eigenvalue weighted by atomic mass is 16.5. The Morgan fingerprint density at radius 1 is 0.781 bits per heavy atom. The van der Waals surface area contributed by atoms with Crippen molar-refractivity contribution in [3.05, 3.63) is 94.5 Å². The monoisotopic (exact) mass is 429 g/mol. The highest BCUT2D eigenvalue weighted by Gasteiger charge is 2.13. The van der Waals surface area contributed by atoms with Crippen molar-refractivity contribution in [2.75, 3.05) is 5.32 Å². The molecule has 0 saturated carbocycles. The van der Waals surface area contributed by atoms with Crippen molar-refractivity contribution in [2.24, 2.45) is 5.10 Å². The van der Waals surface area contributed by atoms with Gasteiger partial charge in [0.1, 0.15) is 5.75 Å². The molecular formula is C25H23N3O4. The van der Waals surface area contributed by atoms with Gasteiger partial charge in [-0.05, 0) is 86.0 Å². The second-order valence-corrected chi connectivity index (χ2v) is 7.35. The van der Waals surface area contributed by atoms with Crippen molar-refractivity contribution in [3.8, 4) is 5.75 Å². The quantitative estimate of drug-likeness (QED) is 0.211. The van der Waals surface area contributed by atoms with Crippen LogP contribution in [0.5, 0.6) is 5.75 Å². The Kier molecular flexibility index (Phi) is 7.13. The molecule has 2 N–H and O–H groups in total. The van der Waals surface area contributed by atoms with Gasteiger partial charge in [-0.3, -0.25) is 9.59 Å². The van der Waals surface area contributed by atoms with Crippen molar-refractivity contribution < 1.29 is 19.1 Å². The number of carbonyl (C=O) groups is 3. The molecule has 0 radical (unpaired) electrons. The Bertz CT molecular complexity index is 1150. The first-order valence-corrected chi connectivity index (χ1v) is 9.92. The van der Waals surface area contributed by atoms with Crippen LogP contribution >= 0.6 is 0 Å². The van der Waals surface area contributed by atoms with E-state index in [1.807, 2.05) is 39.0 Å². The van der Waals surface area contributed by atoms with Gasteiger partial charge >= 0.3 is 17.8 Å². The molecule has 7 nitrogen and oxygen atoms in total. The van der Waals surface area contributed by atoms with Gasteiger partial charge in [0.25, 0.3) is 0 Å². The minimum Gasteiger partial charge on any atom is -0.423 e. The van der Waals surface area contributed by atoms with Gasteiger partial charge < -0.3 is 10.1 Å². The summed E-state index contributed by atoms with van der Waals surface area (Å²) in [5.74, 6) is -1.77. The van der Waals surface area contributed by atoms with E-state index in [1.165, 1.54) is 6.21 Å². The lowest BCUT2D eigenvalue weighted by atomic mass is 10.1. The summed E-state index contributed by atoms with van der Waals surface area (Å²) in [6.07, 6.45) is 1.38. The summed E-state index contributed by atoms with van der Waals surface area (Å²) in [6, 6.07) is 19.2. The maximum absolute atomic E-state index is 12.2. The predicted molar refractivity (Wildman–Crippen MR) is 123 cm³/mol. The van der Waals surface area contributed by atoms with Gasteiger partial charge in [0.15, 0.2) is 0 Å². The molecule has 0 saturated heterocycles. The smallest absolute Gasteiger partial charge is 0.343 e. The minimum absolute atomic E-state index is 0.379. The molecule has 3 rings (SSSR count). The van der Waals surface area contributed by atoms with Gasteiger partial charge in [-0.2, -0.15) is 5.10 Å². The largest absolute Gasteiger partial charge is 0.423 e. The van der Waals surface area contributed by atoms with E-state index < -0.39 is 17.8 Å². The number of benzene rings is 3. The number of hydrazone groups is 1. The van der Waals surface area contributed by atoms with Crippen LogP contribution in [0, 0.1) is 20.8 Å². The van der Waals surface area contributed by atoms with E-state index in [9.17, 15) is 14.4 Å². The third-order valence-electron chi connectivity index (χ3n) is 4.44. The zero-order valence-corrected chi connectivity index (χ0v) is 18.0. The molecular weight excluding hydrogens is 406 g/mol. The van der Waals surface area contributed by atoms with Crippen molar-refractivity contribution in [2.45, 2.75) is 20.8 Å². The number of hydrogen-bond donors (Lipinski definition) is 2. The molecule has 0 unspecified atom stereocenters.